The summed E-state index contributed by atoms with van der Waals surface area (Å²) in [7, 11) is 0. The fraction of sp³-hybridized carbons (Fsp3) is 0.667. The summed E-state index contributed by atoms with van der Waals surface area (Å²) < 4.78 is 0. The third kappa shape index (κ3) is 2.66. The summed E-state index contributed by atoms with van der Waals surface area (Å²) in [4.78, 5) is 17.8. The van der Waals surface area contributed by atoms with Gasteiger partial charge in [0.15, 0.2) is 5.13 Å². The molecule has 1 aliphatic rings. The SMILES string of the molecule is CCC(C)(C)C(=O)Nc1nc2c(s1)CNCC2. The molecule has 0 fully saturated rings. The molecule has 0 radical (unpaired) electrons. The quantitative estimate of drug-likeness (QED) is 0.868. The summed E-state index contributed by atoms with van der Waals surface area (Å²) >= 11 is 1.58. The second-order valence-electron chi connectivity index (χ2n) is 5.01. The molecule has 0 aromatic carbocycles. The van der Waals surface area contributed by atoms with Crippen LogP contribution in [0.5, 0.6) is 0 Å². The van der Waals surface area contributed by atoms with Crippen LogP contribution in [0, 0.1) is 5.41 Å². The van der Waals surface area contributed by atoms with E-state index in [0.29, 0.717) is 0 Å². The molecule has 0 spiro atoms. The molecule has 0 atom stereocenters. The van der Waals surface area contributed by atoms with Crippen molar-refractivity contribution in [1.29, 1.82) is 0 Å². The predicted octanol–water partition coefficient (Wildman–Crippen LogP) is 2.16. The molecular formula is C12H19N3OS. The molecule has 0 bridgehead atoms. The van der Waals surface area contributed by atoms with Crippen molar-refractivity contribution in [3.63, 3.8) is 0 Å². The molecule has 5 heteroatoms. The molecule has 1 aromatic rings. The third-order valence-corrected chi connectivity index (χ3v) is 4.33. The molecular weight excluding hydrogens is 234 g/mol. The molecule has 2 N–H and O–H groups in total. The van der Waals surface area contributed by atoms with Crippen LogP contribution in [0.3, 0.4) is 0 Å². The van der Waals surface area contributed by atoms with Crippen molar-refractivity contribution in [2.75, 3.05) is 11.9 Å². The van der Waals surface area contributed by atoms with Crippen LogP contribution in [0.2, 0.25) is 0 Å². The summed E-state index contributed by atoms with van der Waals surface area (Å²) in [6.07, 6.45) is 1.78. The number of hydrogen-bond donors (Lipinski definition) is 2. The molecule has 1 aromatic heterocycles. The number of hydrogen-bond acceptors (Lipinski definition) is 4. The minimum Gasteiger partial charge on any atom is -0.311 e. The number of nitrogens with one attached hydrogen (secondary N) is 2. The molecule has 1 amide bonds. The van der Waals surface area contributed by atoms with Gasteiger partial charge in [0, 0.05) is 29.8 Å². The highest BCUT2D eigenvalue weighted by Crippen LogP contribution is 2.28. The fourth-order valence-electron chi connectivity index (χ4n) is 1.61. The van der Waals surface area contributed by atoms with E-state index in [0.717, 1.165) is 36.8 Å². The first-order chi connectivity index (χ1) is 8.03. The number of aromatic nitrogens is 1. The number of fused-ring (bicyclic) bond motifs is 1. The first-order valence-electron chi connectivity index (χ1n) is 6.03. The summed E-state index contributed by atoms with van der Waals surface area (Å²) in [6, 6.07) is 0. The van der Waals surface area contributed by atoms with Gasteiger partial charge in [0.2, 0.25) is 5.91 Å². The third-order valence-electron chi connectivity index (χ3n) is 3.32. The average molecular weight is 253 g/mol. The van der Waals surface area contributed by atoms with Crippen LogP contribution in [0.1, 0.15) is 37.8 Å². The van der Waals surface area contributed by atoms with Gasteiger partial charge in [-0.3, -0.25) is 4.79 Å². The first kappa shape index (κ1) is 12.5. The zero-order valence-corrected chi connectivity index (χ0v) is 11.4. The van der Waals surface area contributed by atoms with Crippen molar-refractivity contribution in [2.45, 2.75) is 40.2 Å². The molecule has 0 saturated carbocycles. The Morgan fingerprint density at radius 3 is 3.00 bits per heavy atom. The van der Waals surface area contributed by atoms with Crippen LogP contribution in [-0.4, -0.2) is 17.4 Å². The van der Waals surface area contributed by atoms with Gasteiger partial charge in [-0.2, -0.15) is 0 Å². The second-order valence-corrected chi connectivity index (χ2v) is 6.09. The van der Waals surface area contributed by atoms with Gasteiger partial charge < -0.3 is 10.6 Å². The van der Waals surface area contributed by atoms with Crippen LogP contribution >= 0.6 is 11.3 Å². The van der Waals surface area contributed by atoms with Crippen LogP contribution in [0.4, 0.5) is 5.13 Å². The van der Waals surface area contributed by atoms with Gasteiger partial charge in [-0.1, -0.05) is 20.8 Å². The van der Waals surface area contributed by atoms with Crippen molar-refractivity contribution in [3.05, 3.63) is 10.6 Å². The lowest BCUT2D eigenvalue weighted by atomic mass is 9.89. The lowest BCUT2D eigenvalue weighted by Crippen LogP contribution is -2.29. The maximum absolute atomic E-state index is 12.0. The molecule has 94 valence electrons. The Hall–Kier alpha value is -0.940. The van der Waals surface area contributed by atoms with Gasteiger partial charge in [0.1, 0.15) is 0 Å². The highest BCUT2D eigenvalue weighted by Gasteiger charge is 2.26. The van der Waals surface area contributed by atoms with E-state index >= 15 is 0 Å². The van der Waals surface area contributed by atoms with Crippen LogP contribution in [0.25, 0.3) is 0 Å². The maximum Gasteiger partial charge on any atom is 0.231 e. The highest BCUT2D eigenvalue weighted by atomic mass is 32.1. The van der Waals surface area contributed by atoms with Crippen molar-refractivity contribution in [1.82, 2.24) is 10.3 Å². The lowest BCUT2D eigenvalue weighted by molar-refractivity contribution is -0.124. The van der Waals surface area contributed by atoms with Crippen LogP contribution in [0.15, 0.2) is 0 Å². The summed E-state index contributed by atoms with van der Waals surface area (Å²) in [5, 5.41) is 6.98. The monoisotopic (exact) mass is 253 g/mol. The van der Waals surface area contributed by atoms with E-state index in [1.807, 2.05) is 20.8 Å². The number of nitrogens with zero attached hydrogens (tertiary/aromatic N) is 1. The Kier molecular flexibility index (Phi) is 3.49. The fourth-order valence-corrected chi connectivity index (χ4v) is 2.58. The molecule has 1 aliphatic heterocycles. The zero-order valence-electron chi connectivity index (χ0n) is 10.6. The minimum absolute atomic E-state index is 0.0547. The number of amides is 1. The summed E-state index contributed by atoms with van der Waals surface area (Å²) in [5.74, 6) is 0.0547. The number of thiazole rings is 1. The number of rotatable bonds is 3. The molecule has 2 heterocycles. The Morgan fingerprint density at radius 2 is 2.35 bits per heavy atom. The smallest absolute Gasteiger partial charge is 0.231 e. The molecule has 4 nitrogen and oxygen atoms in total. The topological polar surface area (TPSA) is 54.0 Å². The van der Waals surface area contributed by atoms with Crippen LogP contribution in [-0.2, 0) is 17.8 Å². The number of anilines is 1. The van der Waals surface area contributed by atoms with Crippen molar-refractivity contribution in [3.8, 4) is 0 Å². The van der Waals surface area contributed by atoms with Crippen molar-refractivity contribution >= 4 is 22.4 Å². The number of carbonyl (C=O) groups excluding carboxylic acids is 1. The van der Waals surface area contributed by atoms with E-state index < -0.39 is 0 Å². The molecule has 0 saturated heterocycles. The van der Waals surface area contributed by atoms with Gasteiger partial charge in [0.25, 0.3) is 0 Å². The highest BCUT2D eigenvalue weighted by molar-refractivity contribution is 7.15. The Labute approximate surface area is 106 Å². The van der Waals surface area contributed by atoms with E-state index in [4.69, 9.17) is 0 Å². The second kappa shape index (κ2) is 4.74. The average Bonchev–Trinajstić information content (AvgIpc) is 2.70. The summed E-state index contributed by atoms with van der Waals surface area (Å²) in [6.45, 7) is 7.79. The van der Waals surface area contributed by atoms with E-state index in [1.165, 1.54) is 4.88 Å². The van der Waals surface area contributed by atoms with E-state index in [9.17, 15) is 4.79 Å². The molecule has 17 heavy (non-hydrogen) atoms. The Balaban J connectivity index is 2.09. The van der Waals surface area contributed by atoms with E-state index in [1.54, 1.807) is 11.3 Å². The molecule has 2 rings (SSSR count). The van der Waals surface area contributed by atoms with E-state index in [2.05, 4.69) is 15.6 Å². The van der Waals surface area contributed by atoms with E-state index in [-0.39, 0.29) is 11.3 Å². The standard InChI is InChI=1S/C12H19N3OS/c1-4-12(2,3)10(16)15-11-14-8-5-6-13-7-9(8)17-11/h13H,4-7H2,1-3H3,(H,14,15,16). The predicted molar refractivity (Wildman–Crippen MR) is 70.2 cm³/mol. The largest absolute Gasteiger partial charge is 0.311 e. The van der Waals surface area contributed by atoms with Gasteiger partial charge in [-0.25, -0.2) is 4.98 Å². The zero-order chi connectivity index (χ0) is 12.5. The maximum atomic E-state index is 12.0. The molecule has 0 unspecified atom stereocenters. The van der Waals surface area contributed by atoms with Crippen molar-refractivity contribution < 1.29 is 4.79 Å². The Morgan fingerprint density at radius 1 is 1.59 bits per heavy atom. The number of carbonyl (C=O) groups is 1. The van der Waals surface area contributed by atoms with Gasteiger partial charge in [0.05, 0.1) is 5.69 Å². The van der Waals surface area contributed by atoms with Gasteiger partial charge in [-0.15, -0.1) is 11.3 Å². The van der Waals surface area contributed by atoms with Crippen molar-refractivity contribution in [2.24, 2.45) is 5.41 Å². The van der Waals surface area contributed by atoms with Crippen LogP contribution < -0.4 is 10.6 Å². The van der Waals surface area contributed by atoms with Gasteiger partial charge in [-0.05, 0) is 6.42 Å². The molecule has 0 aliphatic carbocycles. The normalized spacial score (nSPS) is 15.5. The minimum atomic E-state index is -0.329. The first-order valence-corrected chi connectivity index (χ1v) is 6.85. The van der Waals surface area contributed by atoms with Gasteiger partial charge >= 0.3 is 0 Å². The Bertz CT molecular complexity index is 402. The lowest BCUT2D eigenvalue weighted by Gasteiger charge is -2.20. The summed E-state index contributed by atoms with van der Waals surface area (Å²) in [5.41, 5.74) is 0.808.